The van der Waals surface area contributed by atoms with E-state index in [1.54, 1.807) is 12.4 Å². The summed E-state index contributed by atoms with van der Waals surface area (Å²) in [6.07, 6.45) is 9.30. The second-order valence-electron chi connectivity index (χ2n) is 14.5. The average molecular weight is 638 g/mol. The third-order valence-corrected chi connectivity index (χ3v) is 11.1. The molecule has 7 aromatic rings. The highest BCUT2D eigenvalue weighted by molar-refractivity contribution is 6.06. The van der Waals surface area contributed by atoms with E-state index in [4.69, 9.17) is 19.5 Å². The number of aromatic nitrogens is 7. The first kappa shape index (κ1) is 30.4. The Morgan fingerprint density at radius 1 is 0.854 bits per heavy atom. The van der Waals surface area contributed by atoms with Crippen molar-refractivity contribution in [1.29, 1.82) is 0 Å². The Morgan fingerprint density at radius 3 is 2.44 bits per heavy atom. The van der Waals surface area contributed by atoms with Gasteiger partial charge in [-0.1, -0.05) is 52.8 Å². The van der Waals surface area contributed by atoms with Gasteiger partial charge in [-0.15, -0.1) is 0 Å². The molecule has 8 heteroatoms. The van der Waals surface area contributed by atoms with E-state index in [2.05, 4.69) is 134 Å². The molecule has 2 aromatic carbocycles. The van der Waals surface area contributed by atoms with Crippen molar-refractivity contribution in [3.63, 3.8) is 0 Å². The lowest BCUT2D eigenvalue weighted by Gasteiger charge is -2.47. The lowest BCUT2D eigenvalue weighted by atomic mass is 9.69. The van der Waals surface area contributed by atoms with Crippen LogP contribution in [0.25, 0.3) is 55.9 Å². The molecule has 0 saturated carbocycles. The minimum atomic E-state index is -0.339. The molecule has 48 heavy (non-hydrogen) atoms. The number of para-hydroxylation sites is 1. The zero-order valence-electron chi connectivity index (χ0n) is 29.0. The molecule has 242 valence electrons. The summed E-state index contributed by atoms with van der Waals surface area (Å²) in [6.45, 7) is 13.6. The molecule has 2 atom stereocenters. The van der Waals surface area contributed by atoms with E-state index in [0.29, 0.717) is 0 Å². The van der Waals surface area contributed by atoms with Gasteiger partial charge in [-0.25, -0.2) is 19.2 Å². The molecule has 8 nitrogen and oxygen atoms in total. The van der Waals surface area contributed by atoms with Crippen molar-refractivity contribution in [1.82, 2.24) is 24.7 Å². The lowest BCUT2D eigenvalue weighted by molar-refractivity contribution is -0.771. The van der Waals surface area contributed by atoms with Crippen LogP contribution in [0.4, 0.5) is 0 Å². The molecule has 5 aromatic heterocycles. The summed E-state index contributed by atoms with van der Waals surface area (Å²) in [5.74, 6) is 1.83. The van der Waals surface area contributed by atoms with E-state index >= 15 is 0 Å². The van der Waals surface area contributed by atoms with Crippen LogP contribution in [-0.4, -0.2) is 24.7 Å². The Hall–Kier alpha value is -4.98. The molecule has 6 heterocycles. The number of furan rings is 1. The van der Waals surface area contributed by atoms with Gasteiger partial charge in [-0.05, 0) is 66.2 Å². The molecule has 0 spiro atoms. The number of fused-ring (bicyclic) bond motifs is 7. The predicted octanol–water partition coefficient (Wildman–Crippen LogP) is 7.74. The molecule has 0 aliphatic carbocycles. The molecular formula is C40H43N7O+2. The minimum Gasteiger partial charge on any atom is -0.456 e. The Labute approximate surface area is 281 Å². The largest absolute Gasteiger partial charge is 0.456 e. The van der Waals surface area contributed by atoms with E-state index < -0.39 is 0 Å². The summed E-state index contributed by atoms with van der Waals surface area (Å²) in [5.41, 5.74) is 7.32. The van der Waals surface area contributed by atoms with Gasteiger partial charge in [0.05, 0.1) is 13.2 Å². The summed E-state index contributed by atoms with van der Waals surface area (Å²) in [6, 6.07) is 23.6. The van der Waals surface area contributed by atoms with Crippen LogP contribution in [-0.2, 0) is 30.0 Å². The van der Waals surface area contributed by atoms with Gasteiger partial charge in [0.1, 0.15) is 22.4 Å². The first-order valence-corrected chi connectivity index (χ1v) is 17.1. The van der Waals surface area contributed by atoms with Crippen LogP contribution in [0.2, 0.25) is 0 Å². The van der Waals surface area contributed by atoms with Crippen molar-refractivity contribution in [2.24, 2.45) is 7.05 Å². The molecule has 0 radical (unpaired) electrons. The summed E-state index contributed by atoms with van der Waals surface area (Å²) in [5, 5.41) is 7.64. The third kappa shape index (κ3) is 4.27. The van der Waals surface area contributed by atoms with Crippen LogP contribution in [0.1, 0.15) is 72.2 Å². The number of hydrogen-bond acceptors (Lipinski definition) is 5. The highest BCUT2D eigenvalue weighted by Gasteiger charge is 2.60. The topological polar surface area (TPSA) is 77.4 Å². The highest BCUT2D eigenvalue weighted by atomic mass is 16.3. The Morgan fingerprint density at radius 2 is 1.65 bits per heavy atom. The highest BCUT2D eigenvalue weighted by Crippen LogP contribution is 2.48. The van der Waals surface area contributed by atoms with Crippen LogP contribution >= 0.6 is 0 Å². The van der Waals surface area contributed by atoms with Crippen molar-refractivity contribution in [2.75, 3.05) is 0 Å². The number of hydrogen-bond donors (Lipinski definition) is 0. The molecule has 1 aliphatic rings. The molecule has 0 fully saturated rings. The van der Waals surface area contributed by atoms with E-state index in [9.17, 15) is 0 Å². The molecule has 1 aliphatic heterocycles. The van der Waals surface area contributed by atoms with Crippen molar-refractivity contribution in [3.05, 3.63) is 96.7 Å². The van der Waals surface area contributed by atoms with Gasteiger partial charge >= 0.3 is 5.65 Å². The van der Waals surface area contributed by atoms with Gasteiger partial charge in [0.2, 0.25) is 5.82 Å². The summed E-state index contributed by atoms with van der Waals surface area (Å²) >= 11 is 0. The quantitative estimate of drug-likeness (QED) is 0.174. The van der Waals surface area contributed by atoms with E-state index in [1.165, 1.54) is 5.56 Å². The molecule has 2 unspecified atom stereocenters. The summed E-state index contributed by atoms with van der Waals surface area (Å²) in [4.78, 5) is 14.5. The molecule has 8 rings (SSSR count). The zero-order valence-corrected chi connectivity index (χ0v) is 29.0. The maximum atomic E-state index is 6.44. The molecule has 0 amide bonds. The maximum Gasteiger partial charge on any atom is 0.349 e. The minimum absolute atomic E-state index is 0.180. The first-order valence-electron chi connectivity index (χ1n) is 17.1. The smallest absolute Gasteiger partial charge is 0.349 e. The number of benzene rings is 2. The predicted molar refractivity (Wildman–Crippen MR) is 188 cm³/mol. The molecule has 0 N–H and O–H groups in total. The molecule has 0 bridgehead atoms. The van der Waals surface area contributed by atoms with Gasteiger partial charge < -0.3 is 4.42 Å². The summed E-state index contributed by atoms with van der Waals surface area (Å²) in [7, 11) is 2.07. The molecular weight excluding hydrogens is 594 g/mol. The number of nitrogens with zero attached hydrogens (tertiary/aromatic N) is 7. The second kappa shape index (κ2) is 10.8. The van der Waals surface area contributed by atoms with Crippen molar-refractivity contribution in [3.8, 4) is 22.8 Å². The van der Waals surface area contributed by atoms with Gasteiger partial charge in [0.15, 0.2) is 29.3 Å². The van der Waals surface area contributed by atoms with Crippen LogP contribution in [0.15, 0.2) is 89.7 Å². The SMILES string of the molecule is CCC1(CCc2cc3c(cc2-c2ccc4nccnc4[n+]2C)oc2ccccc23)n2nc(C(C)(C)C)nc2-c2cccc[n+]2C1(C)CC. The number of pyridine rings is 2. The standard InChI is InChI=1S/C40H43N7O/c1-8-39(6)40(9-2,47-36(32-15-12-13-23-46(32)39)43-37(44-47)38(3,4)5)20-19-26-24-29-27-14-10-11-16-33(27)48-34(29)25-28(26)31-18-17-30-35(45(31)7)42-22-21-41-30/h10-18,21-25H,8-9,19-20H2,1-7H3/q+2. The lowest BCUT2D eigenvalue weighted by Crippen LogP contribution is -2.71. The van der Waals surface area contributed by atoms with Crippen molar-refractivity contribution >= 4 is 33.1 Å². The molecule has 0 saturated heterocycles. The zero-order chi connectivity index (χ0) is 33.4. The fraction of sp³-hybridized carbons (Fsp3) is 0.350. The van der Waals surface area contributed by atoms with Crippen molar-refractivity contribution < 1.29 is 13.6 Å². The Bertz CT molecular complexity index is 2360. The van der Waals surface area contributed by atoms with Crippen LogP contribution in [0, 0.1) is 0 Å². The number of aryl methyl sites for hydroxylation is 2. The van der Waals surface area contributed by atoms with Gasteiger partial charge in [0.25, 0.3) is 5.69 Å². The fourth-order valence-electron chi connectivity index (χ4n) is 8.16. The van der Waals surface area contributed by atoms with Crippen LogP contribution in [0.3, 0.4) is 0 Å². The average Bonchev–Trinajstić information content (AvgIpc) is 3.71. The van der Waals surface area contributed by atoms with E-state index in [0.717, 1.165) is 87.4 Å². The maximum absolute atomic E-state index is 6.44. The van der Waals surface area contributed by atoms with Crippen molar-refractivity contribution in [2.45, 2.75) is 83.7 Å². The monoisotopic (exact) mass is 637 g/mol. The second-order valence-corrected chi connectivity index (χ2v) is 14.5. The van der Waals surface area contributed by atoms with E-state index in [1.807, 2.05) is 6.07 Å². The normalized spacial score (nSPS) is 19.2. The van der Waals surface area contributed by atoms with Gasteiger partial charge in [-0.3, -0.25) is 0 Å². The Balaban J connectivity index is 1.34. The Kier molecular flexibility index (Phi) is 6.81. The van der Waals surface area contributed by atoms with Gasteiger partial charge in [0, 0.05) is 47.2 Å². The van der Waals surface area contributed by atoms with Crippen LogP contribution in [0.5, 0.6) is 0 Å². The first-order chi connectivity index (χ1) is 23.1. The van der Waals surface area contributed by atoms with E-state index in [-0.39, 0.29) is 16.5 Å². The fourth-order valence-corrected chi connectivity index (χ4v) is 8.16. The van der Waals surface area contributed by atoms with Crippen LogP contribution < -0.4 is 9.13 Å². The van der Waals surface area contributed by atoms with Gasteiger partial charge in [-0.2, -0.15) is 9.67 Å². The summed E-state index contributed by atoms with van der Waals surface area (Å²) < 4.78 is 13.4. The number of rotatable bonds is 6. The third-order valence-electron chi connectivity index (χ3n) is 11.1.